The zero-order valence-corrected chi connectivity index (χ0v) is 16.6. The third-order valence-corrected chi connectivity index (χ3v) is 4.23. The molecule has 0 amide bonds. The molecule has 0 aliphatic rings. The van der Waals surface area contributed by atoms with Crippen molar-refractivity contribution in [3.63, 3.8) is 0 Å². The maximum atomic E-state index is 12.3. The summed E-state index contributed by atoms with van der Waals surface area (Å²) in [6, 6.07) is 18.6. The molecule has 3 aromatic rings. The van der Waals surface area contributed by atoms with Gasteiger partial charge in [0.2, 0.25) is 0 Å². The highest BCUT2D eigenvalue weighted by Crippen LogP contribution is 2.21. The number of esters is 2. The Morgan fingerprint density at radius 3 is 1.83 bits per heavy atom. The van der Waals surface area contributed by atoms with Crippen LogP contribution in [-0.4, -0.2) is 18.5 Å². The van der Waals surface area contributed by atoms with Crippen molar-refractivity contribution in [1.29, 1.82) is 0 Å². The van der Waals surface area contributed by atoms with Crippen molar-refractivity contribution in [2.75, 3.05) is 6.61 Å². The van der Waals surface area contributed by atoms with E-state index in [4.69, 9.17) is 14.2 Å². The van der Waals surface area contributed by atoms with Gasteiger partial charge in [0, 0.05) is 0 Å². The summed E-state index contributed by atoms with van der Waals surface area (Å²) in [5.74, 6) is 0.592. The lowest BCUT2D eigenvalue weighted by atomic mass is 10.1. The molecule has 5 heteroatoms. The van der Waals surface area contributed by atoms with E-state index < -0.39 is 11.9 Å². The fourth-order valence-electron chi connectivity index (χ4n) is 2.75. The van der Waals surface area contributed by atoms with Crippen molar-refractivity contribution in [3.05, 3.63) is 89.0 Å². The largest absolute Gasteiger partial charge is 0.494 e. The summed E-state index contributed by atoms with van der Waals surface area (Å²) in [6.07, 6.45) is 0. The molecule has 3 aromatic carbocycles. The fourth-order valence-corrected chi connectivity index (χ4v) is 2.75. The van der Waals surface area contributed by atoms with Gasteiger partial charge in [-0.1, -0.05) is 17.7 Å². The van der Waals surface area contributed by atoms with E-state index in [9.17, 15) is 9.59 Å². The molecule has 5 nitrogen and oxygen atoms in total. The SMILES string of the molecule is CCOc1ccc(C(=O)Oc2ccc(C(=O)Oc3ccc(C)cc3C)cc2)cc1. The standard InChI is InChI=1S/C24H22O5/c1-4-27-20-10-6-18(7-11-20)23(25)28-21-12-8-19(9-13-21)24(26)29-22-14-5-16(2)15-17(22)3/h5-15H,4H2,1-3H3. The van der Waals surface area contributed by atoms with Gasteiger partial charge in [0.15, 0.2) is 0 Å². The minimum atomic E-state index is -0.487. The molecule has 0 spiro atoms. The van der Waals surface area contributed by atoms with Gasteiger partial charge in [-0.15, -0.1) is 0 Å². The van der Waals surface area contributed by atoms with E-state index >= 15 is 0 Å². The maximum absolute atomic E-state index is 12.3. The summed E-state index contributed by atoms with van der Waals surface area (Å²) < 4.78 is 16.2. The van der Waals surface area contributed by atoms with Crippen LogP contribution in [-0.2, 0) is 0 Å². The number of aryl methyl sites for hydroxylation is 2. The van der Waals surface area contributed by atoms with Gasteiger partial charge in [0.05, 0.1) is 17.7 Å². The number of ether oxygens (including phenoxy) is 3. The minimum Gasteiger partial charge on any atom is -0.494 e. The van der Waals surface area contributed by atoms with Crippen LogP contribution >= 0.6 is 0 Å². The van der Waals surface area contributed by atoms with E-state index in [0.29, 0.717) is 35.0 Å². The molecule has 0 aromatic heterocycles. The van der Waals surface area contributed by atoms with Crippen LogP contribution in [0.15, 0.2) is 66.7 Å². The molecular formula is C24H22O5. The molecule has 0 unspecified atom stereocenters. The number of hydrogen-bond acceptors (Lipinski definition) is 5. The molecule has 0 heterocycles. The van der Waals surface area contributed by atoms with Crippen molar-refractivity contribution >= 4 is 11.9 Å². The van der Waals surface area contributed by atoms with Crippen molar-refractivity contribution in [1.82, 2.24) is 0 Å². The molecular weight excluding hydrogens is 368 g/mol. The second kappa shape index (κ2) is 9.06. The molecule has 0 saturated carbocycles. The van der Waals surface area contributed by atoms with Gasteiger partial charge in [0.25, 0.3) is 0 Å². The molecule has 0 bridgehead atoms. The summed E-state index contributed by atoms with van der Waals surface area (Å²) in [6.45, 7) is 6.32. The monoisotopic (exact) mass is 390 g/mol. The molecule has 0 radical (unpaired) electrons. The second-order valence-electron chi connectivity index (χ2n) is 6.53. The lowest BCUT2D eigenvalue weighted by Gasteiger charge is -2.09. The van der Waals surface area contributed by atoms with Crippen molar-refractivity contribution in [2.45, 2.75) is 20.8 Å². The van der Waals surface area contributed by atoms with Crippen LogP contribution in [0.2, 0.25) is 0 Å². The van der Waals surface area contributed by atoms with E-state index in [0.717, 1.165) is 11.1 Å². The fraction of sp³-hybridized carbons (Fsp3) is 0.167. The second-order valence-corrected chi connectivity index (χ2v) is 6.53. The van der Waals surface area contributed by atoms with Gasteiger partial charge < -0.3 is 14.2 Å². The van der Waals surface area contributed by atoms with Gasteiger partial charge in [0.1, 0.15) is 17.2 Å². The molecule has 148 valence electrons. The third kappa shape index (κ3) is 5.23. The molecule has 0 fully saturated rings. The maximum Gasteiger partial charge on any atom is 0.343 e. The van der Waals surface area contributed by atoms with Crippen molar-refractivity contribution < 1.29 is 23.8 Å². The van der Waals surface area contributed by atoms with Crippen molar-refractivity contribution in [2.24, 2.45) is 0 Å². The van der Waals surface area contributed by atoms with Crippen LogP contribution in [0.1, 0.15) is 38.8 Å². The Balaban J connectivity index is 1.63. The van der Waals surface area contributed by atoms with Gasteiger partial charge >= 0.3 is 11.9 Å². The third-order valence-electron chi connectivity index (χ3n) is 4.23. The Kier molecular flexibility index (Phi) is 6.29. The summed E-state index contributed by atoms with van der Waals surface area (Å²) in [7, 11) is 0. The Labute approximate surface area is 169 Å². The summed E-state index contributed by atoms with van der Waals surface area (Å²) in [5, 5.41) is 0. The van der Waals surface area contributed by atoms with E-state index in [1.165, 1.54) is 0 Å². The van der Waals surface area contributed by atoms with Crippen LogP contribution in [0, 0.1) is 13.8 Å². The molecule has 0 aliphatic carbocycles. The highest BCUT2D eigenvalue weighted by molar-refractivity contribution is 5.92. The molecule has 0 atom stereocenters. The number of benzene rings is 3. The molecule has 29 heavy (non-hydrogen) atoms. The molecule has 0 aliphatic heterocycles. The first-order chi connectivity index (χ1) is 14.0. The van der Waals surface area contributed by atoms with Crippen LogP contribution in [0.25, 0.3) is 0 Å². The highest BCUT2D eigenvalue weighted by atomic mass is 16.5. The summed E-state index contributed by atoms with van der Waals surface area (Å²) >= 11 is 0. The number of rotatable bonds is 6. The zero-order valence-electron chi connectivity index (χ0n) is 16.6. The van der Waals surface area contributed by atoms with Crippen LogP contribution in [0.3, 0.4) is 0 Å². The van der Waals surface area contributed by atoms with Crippen LogP contribution < -0.4 is 14.2 Å². The quantitative estimate of drug-likeness (QED) is 0.431. The minimum absolute atomic E-state index is 0.340. The summed E-state index contributed by atoms with van der Waals surface area (Å²) in [5.41, 5.74) is 2.76. The van der Waals surface area contributed by atoms with E-state index in [1.807, 2.05) is 32.9 Å². The average molecular weight is 390 g/mol. The normalized spacial score (nSPS) is 10.3. The number of carbonyl (C=O) groups excluding carboxylic acids is 2. The first kappa shape index (κ1) is 20.1. The average Bonchev–Trinajstić information content (AvgIpc) is 2.71. The lowest BCUT2D eigenvalue weighted by molar-refractivity contribution is 0.0729. The van der Waals surface area contributed by atoms with Gasteiger partial charge in [-0.3, -0.25) is 0 Å². The zero-order chi connectivity index (χ0) is 20.8. The van der Waals surface area contributed by atoms with E-state index in [2.05, 4.69) is 0 Å². The Morgan fingerprint density at radius 2 is 1.28 bits per heavy atom. The molecule has 0 N–H and O–H groups in total. The van der Waals surface area contributed by atoms with Gasteiger partial charge in [-0.25, -0.2) is 9.59 Å². The van der Waals surface area contributed by atoms with Crippen LogP contribution in [0.5, 0.6) is 17.2 Å². The first-order valence-electron chi connectivity index (χ1n) is 9.31. The smallest absolute Gasteiger partial charge is 0.343 e. The van der Waals surface area contributed by atoms with Crippen LogP contribution in [0.4, 0.5) is 0 Å². The topological polar surface area (TPSA) is 61.8 Å². The summed E-state index contributed by atoms with van der Waals surface area (Å²) in [4.78, 5) is 24.6. The Morgan fingerprint density at radius 1 is 0.724 bits per heavy atom. The molecule has 0 saturated heterocycles. The Bertz CT molecular complexity index is 1000. The highest BCUT2D eigenvalue weighted by Gasteiger charge is 2.13. The van der Waals surface area contributed by atoms with Crippen molar-refractivity contribution in [3.8, 4) is 17.2 Å². The number of carbonyl (C=O) groups is 2. The predicted molar refractivity (Wildman–Crippen MR) is 110 cm³/mol. The van der Waals surface area contributed by atoms with Gasteiger partial charge in [-0.2, -0.15) is 0 Å². The van der Waals surface area contributed by atoms with E-state index in [1.54, 1.807) is 54.6 Å². The molecule has 3 rings (SSSR count). The first-order valence-corrected chi connectivity index (χ1v) is 9.31. The van der Waals surface area contributed by atoms with E-state index in [-0.39, 0.29) is 0 Å². The van der Waals surface area contributed by atoms with Gasteiger partial charge in [-0.05, 0) is 80.9 Å². The predicted octanol–water partition coefficient (Wildman–Crippen LogP) is 5.14. The lowest BCUT2D eigenvalue weighted by Crippen LogP contribution is -2.10. The number of hydrogen-bond donors (Lipinski definition) is 0. The Hall–Kier alpha value is -3.60.